The number of ketones is 1. The molecule has 0 bridgehead atoms. The second-order valence-electron chi connectivity index (χ2n) is 11.6. The molecule has 2 aliphatic heterocycles. The van der Waals surface area contributed by atoms with Crippen molar-refractivity contribution < 1.29 is 9.59 Å². The average Bonchev–Trinajstić information content (AvgIpc) is 3.84. The fourth-order valence-corrected chi connectivity index (χ4v) is 6.37. The molecule has 3 aromatic rings. The molecule has 10 heteroatoms. The van der Waals surface area contributed by atoms with E-state index in [0.29, 0.717) is 41.1 Å². The van der Waals surface area contributed by atoms with E-state index in [1.807, 2.05) is 12.1 Å². The highest BCUT2D eigenvalue weighted by Gasteiger charge is 2.32. The number of carbonyl (C=O) groups excluding carboxylic acids is 2. The standard InChI is InChI=1S/C31H36ClN7O2/c32-24-15-23(16-34-17-24)27(40)14-20-2-1-11-39(19-20)28-18-35-29(30(33)41)31(37-28)36-25-5-3-21(4-6-25)22-9-12-38(13-10-22)26-7-8-26/h3-6,15-18,20,22,26H,1-2,7-14,19H2,(H2,33,41)(H,36,37)/t20-/m0/s1. The number of pyridine rings is 1. The van der Waals surface area contributed by atoms with E-state index in [-0.39, 0.29) is 17.4 Å². The molecule has 1 amide bonds. The van der Waals surface area contributed by atoms with Gasteiger partial charge in [-0.3, -0.25) is 14.6 Å². The number of anilines is 3. The van der Waals surface area contributed by atoms with E-state index in [1.54, 1.807) is 18.5 Å². The molecule has 3 aliphatic rings. The number of nitrogens with two attached hydrogens (primary N) is 1. The van der Waals surface area contributed by atoms with Gasteiger partial charge in [0.15, 0.2) is 17.3 Å². The number of amides is 1. The lowest BCUT2D eigenvalue weighted by atomic mass is 9.89. The van der Waals surface area contributed by atoms with Gasteiger partial charge >= 0.3 is 0 Å². The Morgan fingerprint density at radius 2 is 1.78 bits per heavy atom. The zero-order valence-corrected chi connectivity index (χ0v) is 23.9. The summed E-state index contributed by atoms with van der Waals surface area (Å²) in [6.45, 7) is 3.83. The first-order chi connectivity index (χ1) is 19.9. The van der Waals surface area contributed by atoms with Gasteiger partial charge in [-0.25, -0.2) is 9.97 Å². The van der Waals surface area contributed by atoms with Crippen LogP contribution in [0.2, 0.25) is 5.02 Å². The van der Waals surface area contributed by atoms with Crippen molar-refractivity contribution in [3.63, 3.8) is 0 Å². The van der Waals surface area contributed by atoms with Gasteiger partial charge in [0.25, 0.3) is 5.91 Å². The summed E-state index contributed by atoms with van der Waals surface area (Å²) in [5.74, 6) is 1.12. The summed E-state index contributed by atoms with van der Waals surface area (Å²) in [6.07, 6.45) is 12.1. The third kappa shape index (κ3) is 6.68. The molecule has 214 valence electrons. The van der Waals surface area contributed by atoms with Crippen LogP contribution in [0.25, 0.3) is 0 Å². The van der Waals surface area contributed by atoms with Crippen LogP contribution in [-0.4, -0.2) is 63.8 Å². The summed E-state index contributed by atoms with van der Waals surface area (Å²) in [5.41, 5.74) is 8.46. The highest BCUT2D eigenvalue weighted by atomic mass is 35.5. The molecule has 6 rings (SSSR count). The number of nitrogens with zero attached hydrogens (tertiary/aromatic N) is 5. The SMILES string of the molecule is NC(=O)c1ncc(N2CCC[C@@H](CC(=O)c3cncc(Cl)c3)C2)nc1Nc1ccc(C2CCN(C3CC3)CC2)cc1. The Balaban J connectivity index is 1.12. The summed E-state index contributed by atoms with van der Waals surface area (Å²) < 4.78 is 0. The Hall–Kier alpha value is -3.56. The molecule has 3 fully saturated rings. The Morgan fingerprint density at radius 1 is 1.00 bits per heavy atom. The average molecular weight is 574 g/mol. The fraction of sp³-hybridized carbons (Fsp3) is 0.452. The highest BCUT2D eigenvalue weighted by molar-refractivity contribution is 6.30. The second kappa shape index (κ2) is 12.1. The maximum Gasteiger partial charge on any atom is 0.271 e. The molecule has 3 N–H and O–H groups in total. The van der Waals surface area contributed by atoms with Gasteiger partial charge < -0.3 is 20.9 Å². The van der Waals surface area contributed by atoms with E-state index in [4.69, 9.17) is 22.3 Å². The first kappa shape index (κ1) is 27.6. The lowest BCUT2D eigenvalue weighted by Crippen LogP contribution is -2.37. The van der Waals surface area contributed by atoms with E-state index >= 15 is 0 Å². The first-order valence-electron chi connectivity index (χ1n) is 14.6. The van der Waals surface area contributed by atoms with Crippen molar-refractivity contribution in [3.05, 3.63) is 70.8 Å². The van der Waals surface area contributed by atoms with Crippen molar-refractivity contribution in [2.75, 3.05) is 36.4 Å². The van der Waals surface area contributed by atoms with Crippen LogP contribution in [0.4, 0.5) is 17.3 Å². The Bertz CT molecular complexity index is 1400. The number of hydrogen-bond donors (Lipinski definition) is 2. The zero-order valence-electron chi connectivity index (χ0n) is 23.1. The molecule has 4 heterocycles. The molecular formula is C31H36ClN7O2. The first-order valence-corrected chi connectivity index (χ1v) is 15.0. The predicted octanol–water partition coefficient (Wildman–Crippen LogP) is 5.20. The van der Waals surface area contributed by atoms with Crippen LogP contribution in [0.15, 0.2) is 48.9 Å². The van der Waals surface area contributed by atoms with Crippen molar-refractivity contribution in [1.82, 2.24) is 19.9 Å². The van der Waals surface area contributed by atoms with Gasteiger partial charge in [-0.1, -0.05) is 23.7 Å². The monoisotopic (exact) mass is 573 g/mol. The number of primary amides is 1. The van der Waals surface area contributed by atoms with Crippen molar-refractivity contribution in [2.24, 2.45) is 11.7 Å². The quantitative estimate of drug-likeness (QED) is 0.335. The largest absolute Gasteiger partial charge is 0.364 e. The molecule has 1 aromatic carbocycles. The summed E-state index contributed by atoms with van der Waals surface area (Å²) >= 11 is 6.02. The number of rotatable bonds is 9. The minimum atomic E-state index is -0.636. The Morgan fingerprint density at radius 3 is 2.49 bits per heavy atom. The van der Waals surface area contributed by atoms with Crippen LogP contribution in [0.5, 0.6) is 0 Å². The number of hydrogen-bond acceptors (Lipinski definition) is 8. The number of carbonyl (C=O) groups is 2. The van der Waals surface area contributed by atoms with E-state index < -0.39 is 5.91 Å². The smallest absolute Gasteiger partial charge is 0.271 e. The zero-order chi connectivity index (χ0) is 28.3. The van der Waals surface area contributed by atoms with Gasteiger partial charge in [-0.15, -0.1) is 0 Å². The number of nitrogens with one attached hydrogen (secondary N) is 1. The van der Waals surface area contributed by atoms with Crippen LogP contribution in [-0.2, 0) is 0 Å². The second-order valence-corrected chi connectivity index (χ2v) is 12.0. The number of halogens is 1. The molecule has 1 saturated carbocycles. The third-order valence-electron chi connectivity index (χ3n) is 8.57. The fourth-order valence-electron chi connectivity index (χ4n) is 6.20. The van der Waals surface area contributed by atoms with Crippen molar-refractivity contribution in [3.8, 4) is 0 Å². The molecule has 1 atom stereocenters. The predicted molar refractivity (Wildman–Crippen MR) is 160 cm³/mol. The van der Waals surface area contributed by atoms with Crippen LogP contribution in [0.3, 0.4) is 0 Å². The number of aromatic nitrogens is 3. The highest BCUT2D eigenvalue weighted by Crippen LogP contribution is 2.35. The van der Waals surface area contributed by atoms with Crippen molar-refractivity contribution in [2.45, 2.75) is 56.9 Å². The van der Waals surface area contributed by atoms with Crippen molar-refractivity contribution in [1.29, 1.82) is 0 Å². The van der Waals surface area contributed by atoms with E-state index in [0.717, 1.165) is 31.1 Å². The molecule has 41 heavy (non-hydrogen) atoms. The van der Waals surface area contributed by atoms with Crippen LogP contribution in [0, 0.1) is 5.92 Å². The van der Waals surface area contributed by atoms with Gasteiger partial charge in [0.1, 0.15) is 5.82 Å². The number of benzene rings is 1. The van der Waals surface area contributed by atoms with Crippen LogP contribution < -0.4 is 16.0 Å². The maximum absolute atomic E-state index is 12.8. The normalized spacial score (nSPS) is 20.1. The van der Waals surface area contributed by atoms with Gasteiger partial charge in [0.2, 0.25) is 0 Å². The molecule has 1 aliphatic carbocycles. The summed E-state index contributed by atoms with van der Waals surface area (Å²) in [7, 11) is 0. The van der Waals surface area contributed by atoms with Gasteiger partial charge in [0, 0.05) is 49.2 Å². The van der Waals surface area contributed by atoms with Gasteiger partial charge in [-0.2, -0.15) is 0 Å². The molecule has 0 unspecified atom stereocenters. The van der Waals surface area contributed by atoms with E-state index in [1.165, 1.54) is 50.5 Å². The molecule has 9 nitrogen and oxygen atoms in total. The van der Waals surface area contributed by atoms with E-state index in [9.17, 15) is 9.59 Å². The third-order valence-corrected chi connectivity index (χ3v) is 8.78. The summed E-state index contributed by atoms with van der Waals surface area (Å²) in [6, 6.07) is 10.9. The minimum Gasteiger partial charge on any atom is -0.364 e. The van der Waals surface area contributed by atoms with Gasteiger partial charge in [-0.05, 0) is 87.2 Å². The van der Waals surface area contributed by atoms with Crippen LogP contribution in [0.1, 0.15) is 77.3 Å². The van der Waals surface area contributed by atoms with Crippen LogP contribution >= 0.6 is 11.6 Å². The number of Topliss-reactive ketones (excluding diaryl/α,β-unsaturated/α-hetero) is 1. The molecule has 2 saturated heterocycles. The molecule has 0 radical (unpaired) electrons. The number of likely N-dealkylation sites (tertiary alicyclic amines) is 1. The molecular weight excluding hydrogens is 538 g/mol. The van der Waals surface area contributed by atoms with Gasteiger partial charge in [0.05, 0.1) is 11.2 Å². The Kier molecular flexibility index (Phi) is 8.16. The lowest BCUT2D eigenvalue weighted by molar-refractivity contribution is 0.0954. The summed E-state index contributed by atoms with van der Waals surface area (Å²) in [5, 5.41) is 3.73. The topological polar surface area (TPSA) is 117 Å². The molecule has 0 spiro atoms. The minimum absolute atomic E-state index is 0.0290. The Labute approximate surface area is 245 Å². The lowest BCUT2D eigenvalue weighted by Gasteiger charge is -2.33. The maximum atomic E-state index is 12.8. The summed E-state index contributed by atoms with van der Waals surface area (Å²) in [4.78, 5) is 43.0. The number of piperidine rings is 2. The van der Waals surface area contributed by atoms with E-state index in [2.05, 4.69) is 37.2 Å². The molecule has 2 aromatic heterocycles. The van der Waals surface area contributed by atoms with Crippen molar-refractivity contribution >= 4 is 40.6 Å².